The summed E-state index contributed by atoms with van der Waals surface area (Å²) < 4.78 is 5.65. The largest absolute Gasteiger partial charge is 0.491 e. The number of anilines is 1. The van der Waals surface area contributed by atoms with Gasteiger partial charge in [-0.2, -0.15) is 0 Å². The summed E-state index contributed by atoms with van der Waals surface area (Å²) in [5, 5.41) is 2.97. The minimum absolute atomic E-state index is 0.0862. The molecule has 0 aliphatic carbocycles. The van der Waals surface area contributed by atoms with Crippen molar-refractivity contribution in [1.82, 2.24) is 0 Å². The van der Waals surface area contributed by atoms with Gasteiger partial charge in [0.05, 0.1) is 12.0 Å². The van der Waals surface area contributed by atoms with Gasteiger partial charge in [0.25, 0.3) is 0 Å². The van der Waals surface area contributed by atoms with Crippen LogP contribution in [0.1, 0.15) is 36.5 Å². The summed E-state index contributed by atoms with van der Waals surface area (Å²) in [4.78, 5) is 12.2. The van der Waals surface area contributed by atoms with Crippen molar-refractivity contribution in [2.45, 2.75) is 39.2 Å². The average molecular weight is 295 g/mol. The molecule has 0 fully saturated rings. The first-order valence-corrected chi connectivity index (χ1v) is 7.70. The van der Waals surface area contributed by atoms with Gasteiger partial charge in [0.15, 0.2) is 0 Å². The molecule has 1 aliphatic rings. The van der Waals surface area contributed by atoms with Crippen molar-refractivity contribution in [2.24, 2.45) is 0 Å². The number of carbonyl (C=O) groups is 1. The summed E-state index contributed by atoms with van der Waals surface area (Å²) in [7, 11) is 0. The summed E-state index contributed by atoms with van der Waals surface area (Å²) in [6, 6.07) is 14.1. The van der Waals surface area contributed by atoms with Crippen LogP contribution in [0.4, 0.5) is 5.69 Å². The van der Waals surface area contributed by atoms with Crippen LogP contribution in [-0.2, 0) is 11.2 Å². The monoisotopic (exact) mass is 295 g/mol. The number of hydrogen-bond donors (Lipinski definition) is 1. The lowest BCUT2D eigenvalue weighted by Crippen LogP contribution is -2.14. The molecule has 0 aromatic heterocycles. The van der Waals surface area contributed by atoms with E-state index >= 15 is 0 Å². The average Bonchev–Trinajstić information content (AvgIpc) is 2.76. The van der Waals surface area contributed by atoms with Crippen LogP contribution in [0.25, 0.3) is 0 Å². The van der Waals surface area contributed by atoms with Crippen LogP contribution in [0.5, 0.6) is 5.75 Å². The van der Waals surface area contributed by atoms with E-state index in [9.17, 15) is 4.79 Å². The molecular formula is C19H21NO2. The molecule has 114 valence electrons. The molecule has 0 saturated carbocycles. The molecule has 3 nitrogen and oxygen atoms in total. The third-order valence-electron chi connectivity index (χ3n) is 3.89. The van der Waals surface area contributed by atoms with E-state index in [1.54, 1.807) is 0 Å². The fourth-order valence-electron chi connectivity index (χ4n) is 2.86. The van der Waals surface area contributed by atoms with E-state index < -0.39 is 0 Å². The Morgan fingerprint density at radius 1 is 1.14 bits per heavy atom. The summed E-state index contributed by atoms with van der Waals surface area (Å²) in [5.74, 6) is 0.848. The molecular weight excluding hydrogens is 274 g/mol. The second-order valence-corrected chi connectivity index (χ2v) is 6.15. The number of hydrogen-bond acceptors (Lipinski definition) is 2. The number of amides is 1. The SMILES string of the molecule is Cc1ccc2c(c1)[C@@H](Cc1ccc(OC(C)C)cc1)C(=O)N2. The number of rotatable bonds is 4. The zero-order valence-corrected chi connectivity index (χ0v) is 13.2. The Bertz CT molecular complexity index is 689. The Morgan fingerprint density at radius 3 is 2.55 bits per heavy atom. The van der Waals surface area contributed by atoms with Gasteiger partial charge in [-0.1, -0.05) is 29.8 Å². The first-order chi connectivity index (χ1) is 10.5. The van der Waals surface area contributed by atoms with Gasteiger partial charge in [-0.15, -0.1) is 0 Å². The zero-order valence-electron chi connectivity index (χ0n) is 13.2. The van der Waals surface area contributed by atoms with E-state index in [1.165, 1.54) is 5.56 Å². The predicted octanol–water partition coefficient (Wildman–Crippen LogP) is 4.06. The van der Waals surface area contributed by atoms with E-state index in [0.29, 0.717) is 6.42 Å². The van der Waals surface area contributed by atoms with Crippen LogP contribution in [-0.4, -0.2) is 12.0 Å². The Balaban J connectivity index is 1.79. The van der Waals surface area contributed by atoms with E-state index in [4.69, 9.17) is 4.74 Å². The van der Waals surface area contributed by atoms with Crippen LogP contribution in [0.15, 0.2) is 42.5 Å². The molecule has 0 unspecified atom stereocenters. The van der Waals surface area contributed by atoms with Crippen molar-refractivity contribution in [3.63, 3.8) is 0 Å². The normalized spacial score (nSPS) is 16.5. The van der Waals surface area contributed by atoms with Gasteiger partial charge in [0, 0.05) is 5.69 Å². The van der Waals surface area contributed by atoms with Gasteiger partial charge in [0.1, 0.15) is 5.75 Å². The molecule has 3 heteroatoms. The van der Waals surface area contributed by atoms with Crippen molar-refractivity contribution in [3.05, 3.63) is 59.2 Å². The lowest BCUT2D eigenvalue weighted by molar-refractivity contribution is -0.117. The number of fused-ring (bicyclic) bond motifs is 1. The predicted molar refractivity (Wildman–Crippen MR) is 88.5 cm³/mol. The summed E-state index contributed by atoms with van der Waals surface area (Å²) >= 11 is 0. The number of ether oxygens (including phenoxy) is 1. The van der Waals surface area contributed by atoms with E-state index in [2.05, 4.69) is 18.3 Å². The molecule has 0 bridgehead atoms. The molecule has 3 rings (SSSR count). The molecule has 1 aliphatic heterocycles. The topological polar surface area (TPSA) is 38.3 Å². The summed E-state index contributed by atoms with van der Waals surface area (Å²) in [6.45, 7) is 6.07. The maximum atomic E-state index is 12.2. The van der Waals surface area contributed by atoms with Crippen molar-refractivity contribution >= 4 is 11.6 Å². The highest BCUT2D eigenvalue weighted by atomic mass is 16.5. The first-order valence-electron chi connectivity index (χ1n) is 7.70. The number of carbonyl (C=O) groups excluding carboxylic acids is 1. The molecule has 1 atom stereocenters. The van der Waals surface area contributed by atoms with Gasteiger partial charge in [0.2, 0.25) is 5.91 Å². The Hall–Kier alpha value is -2.29. The molecule has 1 heterocycles. The van der Waals surface area contributed by atoms with Crippen molar-refractivity contribution in [1.29, 1.82) is 0 Å². The minimum Gasteiger partial charge on any atom is -0.491 e. The quantitative estimate of drug-likeness (QED) is 0.923. The van der Waals surface area contributed by atoms with Gasteiger partial charge in [-0.3, -0.25) is 4.79 Å². The Kier molecular flexibility index (Phi) is 3.88. The second kappa shape index (κ2) is 5.84. The molecule has 0 spiro atoms. The highest BCUT2D eigenvalue weighted by Gasteiger charge is 2.30. The van der Waals surface area contributed by atoms with Crippen molar-refractivity contribution in [3.8, 4) is 5.75 Å². The summed E-state index contributed by atoms with van der Waals surface area (Å²) in [6.07, 6.45) is 0.880. The Morgan fingerprint density at radius 2 is 1.86 bits per heavy atom. The number of benzene rings is 2. The van der Waals surface area contributed by atoms with Crippen LogP contribution < -0.4 is 10.1 Å². The van der Waals surface area contributed by atoms with E-state index in [1.807, 2.05) is 50.2 Å². The highest BCUT2D eigenvalue weighted by Crippen LogP contribution is 2.35. The maximum absolute atomic E-state index is 12.2. The van der Waals surface area contributed by atoms with Crippen LogP contribution in [0, 0.1) is 6.92 Å². The molecule has 2 aromatic carbocycles. The second-order valence-electron chi connectivity index (χ2n) is 6.15. The maximum Gasteiger partial charge on any atom is 0.232 e. The van der Waals surface area contributed by atoms with E-state index in [0.717, 1.165) is 22.6 Å². The van der Waals surface area contributed by atoms with Gasteiger partial charge < -0.3 is 10.1 Å². The Labute approximate surface area is 131 Å². The van der Waals surface area contributed by atoms with Gasteiger partial charge in [-0.25, -0.2) is 0 Å². The van der Waals surface area contributed by atoms with Crippen LogP contribution in [0.3, 0.4) is 0 Å². The van der Waals surface area contributed by atoms with Crippen LogP contribution in [0.2, 0.25) is 0 Å². The lowest BCUT2D eigenvalue weighted by Gasteiger charge is -2.12. The minimum atomic E-state index is -0.105. The third kappa shape index (κ3) is 2.98. The van der Waals surface area contributed by atoms with E-state index in [-0.39, 0.29) is 17.9 Å². The van der Waals surface area contributed by atoms with Gasteiger partial charge in [-0.05, 0) is 56.5 Å². The number of nitrogens with one attached hydrogen (secondary N) is 1. The van der Waals surface area contributed by atoms with Crippen molar-refractivity contribution in [2.75, 3.05) is 5.32 Å². The van der Waals surface area contributed by atoms with Gasteiger partial charge >= 0.3 is 0 Å². The first kappa shape index (κ1) is 14.6. The molecule has 2 aromatic rings. The molecule has 0 saturated heterocycles. The molecule has 22 heavy (non-hydrogen) atoms. The molecule has 0 radical (unpaired) electrons. The molecule has 1 N–H and O–H groups in total. The van der Waals surface area contributed by atoms with Crippen LogP contribution >= 0.6 is 0 Å². The smallest absolute Gasteiger partial charge is 0.232 e. The fourth-order valence-corrected chi connectivity index (χ4v) is 2.86. The fraction of sp³-hybridized carbons (Fsp3) is 0.316. The standard InChI is InChI=1S/C19H21NO2/c1-12(2)22-15-7-5-14(6-8-15)11-17-16-10-13(3)4-9-18(16)20-19(17)21/h4-10,12,17H,11H2,1-3H3,(H,20,21)/t17-/m1/s1. The lowest BCUT2D eigenvalue weighted by atomic mass is 9.92. The highest BCUT2D eigenvalue weighted by molar-refractivity contribution is 6.03. The zero-order chi connectivity index (χ0) is 15.7. The summed E-state index contributed by atoms with van der Waals surface area (Å²) in [5.41, 5.74) is 4.37. The number of aryl methyl sites for hydroxylation is 1. The third-order valence-corrected chi connectivity index (χ3v) is 3.89. The van der Waals surface area contributed by atoms with Crippen molar-refractivity contribution < 1.29 is 9.53 Å². The molecule has 1 amide bonds.